The molecule has 0 saturated heterocycles. The van der Waals surface area contributed by atoms with E-state index >= 15 is 0 Å². The van der Waals surface area contributed by atoms with E-state index in [2.05, 4.69) is 114 Å². The van der Waals surface area contributed by atoms with Crippen molar-refractivity contribution in [3.63, 3.8) is 0 Å². The molecule has 1 aromatic rings. The molecule has 1 rings (SSSR count). The minimum Gasteiger partial charge on any atom is -0.579 e. The molecule has 0 saturated carbocycles. The largest absolute Gasteiger partial charge is 3.00 e. The van der Waals surface area contributed by atoms with Crippen LogP contribution in [0, 0.1) is 13.8 Å². The molecule has 185 valence electrons. The van der Waals surface area contributed by atoms with Crippen LogP contribution in [0.4, 0.5) is 0 Å². The fraction of sp³-hybridized carbons (Fsp3) is 0.800. The van der Waals surface area contributed by atoms with E-state index in [1.807, 2.05) is 33.8 Å². The van der Waals surface area contributed by atoms with Crippen LogP contribution in [0.2, 0.25) is 0 Å². The van der Waals surface area contributed by atoms with Crippen molar-refractivity contribution in [3.05, 3.63) is 28.1 Å². The maximum atomic E-state index is 4.44. The predicted molar refractivity (Wildman–Crippen MR) is 139 cm³/mol. The van der Waals surface area contributed by atoms with Crippen LogP contribution in [0.15, 0.2) is 16.1 Å². The van der Waals surface area contributed by atoms with Crippen LogP contribution in [0.25, 0.3) is 10.6 Å². The van der Waals surface area contributed by atoms with Gasteiger partial charge in [0.25, 0.3) is 0 Å². The second-order valence-corrected chi connectivity index (χ2v) is 11.9. The minimum absolute atomic E-state index is 0. The van der Waals surface area contributed by atoms with Gasteiger partial charge in [-0.2, -0.15) is 0 Å². The Kier molecular flexibility index (Phi) is 15.5. The van der Waals surface area contributed by atoms with E-state index in [9.17, 15) is 0 Å². The molecule has 0 aliphatic heterocycles. The van der Waals surface area contributed by atoms with Gasteiger partial charge in [-0.05, 0) is 42.9 Å². The molecule has 6 nitrogen and oxygen atoms in total. The van der Waals surface area contributed by atoms with Gasteiger partial charge in [-0.15, -0.1) is 5.69 Å². The number of amidine groups is 2. The van der Waals surface area contributed by atoms with Crippen LogP contribution in [-0.4, -0.2) is 38.9 Å². The molecule has 0 aromatic carbocycles. The molecule has 7 heteroatoms. The molecule has 1 heterocycles. The maximum absolute atomic E-state index is 4.44. The average molecular weight is 486 g/mol. The summed E-state index contributed by atoms with van der Waals surface area (Å²) in [7, 11) is 0. The van der Waals surface area contributed by atoms with Gasteiger partial charge in [0.05, 0.1) is 0 Å². The van der Waals surface area contributed by atoms with Crippen molar-refractivity contribution < 1.29 is 17.4 Å². The van der Waals surface area contributed by atoms with Crippen molar-refractivity contribution in [3.8, 4) is 0 Å². The van der Waals surface area contributed by atoms with Crippen molar-refractivity contribution >= 4 is 11.7 Å². The van der Waals surface area contributed by atoms with E-state index in [1.165, 1.54) is 0 Å². The summed E-state index contributed by atoms with van der Waals surface area (Å²) in [6.45, 7) is 32.7. The van der Waals surface area contributed by atoms with Gasteiger partial charge in [-0.1, -0.05) is 108 Å². The Hall–Kier alpha value is -1.32. The molecule has 0 N–H and O–H groups in total. The van der Waals surface area contributed by atoms with Crippen LogP contribution in [0.5, 0.6) is 0 Å². The van der Waals surface area contributed by atoms with E-state index < -0.39 is 0 Å². The van der Waals surface area contributed by atoms with E-state index in [4.69, 9.17) is 0 Å². The van der Waals surface area contributed by atoms with Gasteiger partial charge in [0.2, 0.25) is 0 Å². The first kappa shape index (κ1) is 35.3. The molecule has 0 fully saturated rings. The fourth-order valence-corrected chi connectivity index (χ4v) is 2.51. The summed E-state index contributed by atoms with van der Waals surface area (Å²) >= 11 is 0. The van der Waals surface area contributed by atoms with Crippen LogP contribution in [-0.2, 0) is 17.4 Å². The standard InChI is InChI=1S/2C10H21N2.C5H7N2.Cr/c2*1-8(11-9(2,3)4)12-10(5,6)7;1-4-3-5(2)7-6-4;/h2*1-7H3;3H,1-2H3;/q3*-1;+3. The molecule has 0 bridgehead atoms. The quantitative estimate of drug-likeness (QED) is 0.283. The molecule has 0 atom stereocenters. The number of aliphatic imine (C=N–C) groups is 2. The zero-order valence-electron chi connectivity index (χ0n) is 23.7. The number of nitrogens with zero attached hydrogens (tertiary/aromatic N) is 6. The maximum Gasteiger partial charge on any atom is 3.00 e. The third kappa shape index (κ3) is 28.7. The Morgan fingerprint density at radius 3 is 1.16 bits per heavy atom. The molecule has 0 unspecified atom stereocenters. The van der Waals surface area contributed by atoms with E-state index in [1.54, 1.807) is 0 Å². The monoisotopic (exact) mass is 485 g/mol. The van der Waals surface area contributed by atoms with Crippen LogP contribution in [0.3, 0.4) is 0 Å². The van der Waals surface area contributed by atoms with Crippen molar-refractivity contribution in [2.45, 2.75) is 133 Å². The molecule has 0 aliphatic rings. The van der Waals surface area contributed by atoms with Crippen molar-refractivity contribution in [1.29, 1.82) is 0 Å². The van der Waals surface area contributed by atoms with Gasteiger partial charge >= 0.3 is 17.4 Å². The van der Waals surface area contributed by atoms with Crippen LogP contribution >= 0.6 is 0 Å². The summed E-state index contributed by atoms with van der Waals surface area (Å²) in [6, 6.07) is 1.94. The van der Waals surface area contributed by atoms with Gasteiger partial charge in [-0.25, -0.2) is 0 Å². The Morgan fingerprint density at radius 2 is 1.03 bits per heavy atom. The predicted octanol–water partition coefficient (Wildman–Crippen LogP) is 7.40. The van der Waals surface area contributed by atoms with Gasteiger partial charge in [0, 0.05) is 5.69 Å². The van der Waals surface area contributed by atoms with Crippen LogP contribution < -0.4 is 5.10 Å². The first-order valence-electron chi connectivity index (χ1n) is 11.0. The Bertz CT molecular complexity index is 631. The molecule has 0 aliphatic carbocycles. The fourth-order valence-electron chi connectivity index (χ4n) is 2.51. The van der Waals surface area contributed by atoms with Crippen molar-refractivity contribution in [2.24, 2.45) is 9.98 Å². The molecular weight excluding hydrogens is 436 g/mol. The zero-order valence-corrected chi connectivity index (χ0v) is 24.9. The summed E-state index contributed by atoms with van der Waals surface area (Å²) < 4.78 is 0. The first-order valence-corrected chi connectivity index (χ1v) is 11.0. The molecular formula is C25H49CrN6. The van der Waals surface area contributed by atoms with Crippen molar-refractivity contribution in [2.75, 3.05) is 0 Å². The average Bonchev–Trinajstić information content (AvgIpc) is 2.74. The molecule has 1 aromatic heterocycles. The van der Waals surface area contributed by atoms with Gasteiger partial charge in [0.1, 0.15) is 0 Å². The Morgan fingerprint density at radius 1 is 0.719 bits per heavy atom. The summed E-state index contributed by atoms with van der Waals surface area (Å²) in [5.41, 5.74) is 1.94. The van der Waals surface area contributed by atoms with E-state index in [0.717, 1.165) is 23.1 Å². The van der Waals surface area contributed by atoms with Crippen LogP contribution in [0.1, 0.15) is 108 Å². The van der Waals surface area contributed by atoms with Gasteiger partial charge in [0.15, 0.2) is 0 Å². The van der Waals surface area contributed by atoms with Gasteiger partial charge < -0.3 is 30.8 Å². The number of aromatic nitrogens is 2. The third-order valence-corrected chi connectivity index (χ3v) is 2.77. The second kappa shape index (κ2) is 14.1. The molecule has 0 spiro atoms. The van der Waals surface area contributed by atoms with Gasteiger partial charge in [-0.3, -0.25) is 0 Å². The number of rotatable bonds is 0. The molecule has 32 heavy (non-hydrogen) atoms. The summed E-state index contributed by atoms with van der Waals surface area (Å²) in [4.78, 5) is 8.89. The second-order valence-electron chi connectivity index (χ2n) is 11.9. The normalized spacial score (nSPS) is 13.1. The van der Waals surface area contributed by atoms with Crippen molar-refractivity contribution in [1.82, 2.24) is 10.2 Å². The van der Waals surface area contributed by atoms with E-state index in [-0.39, 0.29) is 39.5 Å². The zero-order chi connectivity index (χ0) is 25.3. The smallest absolute Gasteiger partial charge is 0.579 e. The Labute approximate surface area is 210 Å². The number of aryl methyl sites for hydroxylation is 2. The Balaban J connectivity index is -0.000000400. The SMILES string of the molecule is CC(=NC(C)(C)C)[N-]C(C)(C)C.CC(=NC(C)(C)C)[N-]C(C)(C)C.Cc1cc(C)[n-]n1.[Cr+3]. The first-order chi connectivity index (χ1) is 13.5. The summed E-state index contributed by atoms with van der Waals surface area (Å²) in [5.74, 6) is 1.77. The number of hydrogen-bond acceptors (Lipinski definition) is 3. The number of hydrogen-bond donors (Lipinski definition) is 0. The molecule has 0 amide bonds. The summed E-state index contributed by atoms with van der Waals surface area (Å²) in [5, 5.41) is 16.4. The minimum atomic E-state index is -0.0150. The molecule has 1 radical (unpaired) electrons. The third-order valence-electron chi connectivity index (χ3n) is 2.77. The topological polar surface area (TPSA) is 79.9 Å². The van der Waals surface area contributed by atoms with E-state index in [0.29, 0.717) is 0 Å². The summed E-state index contributed by atoms with van der Waals surface area (Å²) in [6.07, 6.45) is 0.